The van der Waals surface area contributed by atoms with E-state index in [1.165, 1.54) is 7.11 Å². The summed E-state index contributed by atoms with van der Waals surface area (Å²) in [5.41, 5.74) is 2.75. The molecule has 7 nitrogen and oxygen atoms in total. The number of esters is 1. The third kappa shape index (κ3) is 3.61. The van der Waals surface area contributed by atoms with Crippen molar-refractivity contribution in [2.75, 3.05) is 25.1 Å². The Morgan fingerprint density at radius 1 is 1.32 bits per heavy atom. The standard InChI is InChI=1S/C18H22N4O3/c1-11-9-22(10-15(25-11)18(23)24-4)17-12(2)13(3)20-16(21-17)14-6-5-7-19-8-14/h5-8,11,15H,9-10H2,1-4H3/t11-,15?/m1/s1. The molecular formula is C18H22N4O3. The molecule has 1 unspecified atom stereocenters. The van der Waals surface area contributed by atoms with E-state index in [9.17, 15) is 4.79 Å². The summed E-state index contributed by atoms with van der Waals surface area (Å²) in [5.74, 6) is 1.07. The lowest BCUT2D eigenvalue weighted by molar-refractivity contribution is -0.158. The molecule has 1 saturated heterocycles. The van der Waals surface area contributed by atoms with Crippen LogP contribution < -0.4 is 4.90 Å². The molecule has 0 radical (unpaired) electrons. The monoisotopic (exact) mass is 342 g/mol. The van der Waals surface area contributed by atoms with Gasteiger partial charge in [0.15, 0.2) is 11.9 Å². The quantitative estimate of drug-likeness (QED) is 0.789. The van der Waals surface area contributed by atoms with E-state index in [-0.39, 0.29) is 12.1 Å². The molecule has 132 valence electrons. The Morgan fingerprint density at radius 2 is 2.12 bits per heavy atom. The molecule has 2 aromatic rings. The van der Waals surface area contributed by atoms with E-state index >= 15 is 0 Å². The van der Waals surface area contributed by atoms with Crippen LogP contribution in [0.2, 0.25) is 0 Å². The largest absolute Gasteiger partial charge is 0.467 e. The Morgan fingerprint density at radius 3 is 2.80 bits per heavy atom. The Kier molecular flexibility index (Phi) is 4.94. The summed E-state index contributed by atoms with van der Waals surface area (Å²) in [6.45, 7) is 6.94. The van der Waals surface area contributed by atoms with Crippen LogP contribution in [0.3, 0.4) is 0 Å². The minimum absolute atomic E-state index is 0.102. The number of hydrogen-bond acceptors (Lipinski definition) is 7. The molecule has 0 N–H and O–H groups in total. The van der Waals surface area contributed by atoms with Crippen molar-refractivity contribution in [1.29, 1.82) is 0 Å². The molecule has 1 aliphatic heterocycles. The first kappa shape index (κ1) is 17.3. The van der Waals surface area contributed by atoms with E-state index in [1.807, 2.05) is 32.9 Å². The first-order valence-corrected chi connectivity index (χ1v) is 8.23. The minimum atomic E-state index is -0.620. The van der Waals surface area contributed by atoms with Gasteiger partial charge in [-0.25, -0.2) is 14.8 Å². The first-order valence-electron chi connectivity index (χ1n) is 8.23. The number of aryl methyl sites for hydroxylation is 1. The summed E-state index contributed by atoms with van der Waals surface area (Å²) in [4.78, 5) is 27.5. The summed E-state index contributed by atoms with van der Waals surface area (Å²) in [6.07, 6.45) is 2.74. The van der Waals surface area contributed by atoms with Gasteiger partial charge in [0.1, 0.15) is 5.82 Å². The molecule has 3 rings (SSSR count). The number of hydrogen-bond donors (Lipinski definition) is 0. The lowest BCUT2D eigenvalue weighted by Gasteiger charge is -2.37. The van der Waals surface area contributed by atoms with Crippen molar-refractivity contribution in [1.82, 2.24) is 15.0 Å². The van der Waals surface area contributed by atoms with Gasteiger partial charge in [0, 0.05) is 35.8 Å². The Hall–Kier alpha value is -2.54. The van der Waals surface area contributed by atoms with Crippen molar-refractivity contribution in [3.8, 4) is 11.4 Å². The molecule has 0 saturated carbocycles. The van der Waals surface area contributed by atoms with Gasteiger partial charge in [-0.1, -0.05) is 0 Å². The van der Waals surface area contributed by atoms with Gasteiger partial charge in [0.05, 0.1) is 19.8 Å². The van der Waals surface area contributed by atoms with Gasteiger partial charge in [0.2, 0.25) is 0 Å². The highest BCUT2D eigenvalue weighted by molar-refractivity contribution is 5.76. The van der Waals surface area contributed by atoms with Crippen LogP contribution in [0.1, 0.15) is 18.2 Å². The zero-order valence-electron chi connectivity index (χ0n) is 14.9. The molecule has 7 heteroatoms. The highest BCUT2D eigenvalue weighted by atomic mass is 16.6. The van der Waals surface area contributed by atoms with Gasteiger partial charge >= 0.3 is 5.97 Å². The summed E-state index contributed by atoms with van der Waals surface area (Å²) in [5, 5.41) is 0. The molecule has 0 bridgehead atoms. The topological polar surface area (TPSA) is 77.4 Å². The fourth-order valence-corrected chi connectivity index (χ4v) is 2.93. The minimum Gasteiger partial charge on any atom is -0.467 e. The van der Waals surface area contributed by atoms with Gasteiger partial charge in [-0.2, -0.15) is 0 Å². The average Bonchev–Trinajstić information content (AvgIpc) is 2.63. The number of pyridine rings is 1. The molecule has 1 fully saturated rings. The average molecular weight is 342 g/mol. The smallest absolute Gasteiger partial charge is 0.336 e. The SMILES string of the molecule is COC(=O)C1CN(c2nc(-c3cccnc3)nc(C)c2C)C[C@@H](C)O1. The van der Waals surface area contributed by atoms with Gasteiger partial charge < -0.3 is 14.4 Å². The maximum absolute atomic E-state index is 11.9. The highest BCUT2D eigenvalue weighted by Gasteiger charge is 2.32. The third-order valence-electron chi connectivity index (χ3n) is 4.31. The molecule has 0 amide bonds. The zero-order chi connectivity index (χ0) is 18.0. The summed E-state index contributed by atoms with van der Waals surface area (Å²) in [6, 6.07) is 3.79. The van der Waals surface area contributed by atoms with E-state index in [0.717, 1.165) is 22.6 Å². The fourth-order valence-electron chi connectivity index (χ4n) is 2.93. The van der Waals surface area contributed by atoms with Crippen LogP contribution in [0.15, 0.2) is 24.5 Å². The normalized spacial score (nSPS) is 20.4. The molecule has 0 aliphatic carbocycles. The summed E-state index contributed by atoms with van der Waals surface area (Å²) in [7, 11) is 1.37. The second-order valence-electron chi connectivity index (χ2n) is 6.19. The van der Waals surface area contributed by atoms with E-state index in [4.69, 9.17) is 14.5 Å². The molecule has 3 heterocycles. The van der Waals surface area contributed by atoms with Crippen LogP contribution in [0.5, 0.6) is 0 Å². The van der Waals surface area contributed by atoms with Gasteiger partial charge in [-0.15, -0.1) is 0 Å². The van der Waals surface area contributed by atoms with Crippen molar-refractivity contribution in [3.63, 3.8) is 0 Å². The van der Waals surface area contributed by atoms with E-state index < -0.39 is 6.10 Å². The molecule has 1 aliphatic rings. The number of carbonyl (C=O) groups excluding carboxylic acids is 1. The summed E-state index contributed by atoms with van der Waals surface area (Å²) < 4.78 is 10.5. The molecule has 25 heavy (non-hydrogen) atoms. The number of nitrogens with zero attached hydrogens (tertiary/aromatic N) is 4. The predicted molar refractivity (Wildman–Crippen MR) is 93.3 cm³/mol. The van der Waals surface area contributed by atoms with E-state index in [0.29, 0.717) is 18.9 Å². The van der Waals surface area contributed by atoms with Crippen LogP contribution in [-0.4, -0.2) is 53.3 Å². The van der Waals surface area contributed by atoms with Crippen LogP contribution in [0.4, 0.5) is 5.82 Å². The van der Waals surface area contributed by atoms with Crippen molar-refractivity contribution >= 4 is 11.8 Å². The molecule has 0 aromatic carbocycles. The second kappa shape index (κ2) is 7.14. The lowest BCUT2D eigenvalue weighted by Crippen LogP contribution is -2.50. The van der Waals surface area contributed by atoms with Crippen molar-refractivity contribution in [2.45, 2.75) is 33.0 Å². The van der Waals surface area contributed by atoms with Gasteiger partial charge in [-0.05, 0) is 32.9 Å². The van der Waals surface area contributed by atoms with E-state index in [2.05, 4.69) is 14.9 Å². The van der Waals surface area contributed by atoms with E-state index in [1.54, 1.807) is 12.4 Å². The fraction of sp³-hybridized carbons (Fsp3) is 0.444. The number of carbonyl (C=O) groups is 1. The third-order valence-corrected chi connectivity index (χ3v) is 4.31. The van der Waals surface area contributed by atoms with Crippen molar-refractivity contribution in [2.24, 2.45) is 0 Å². The van der Waals surface area contributed by atoms with Crippen molar-refractivity contribution in [3.05, 3.63) is 35.8 Å². The number of aromatic nitrogens is 3. The Bertz CT molecular complexity index is 766. The number of methoxy groups -OCH3 is 1. The van der Waals surface area contributed by atoms with Crippen LogP contribution in [0.25, 0.3) is 11.4 Å². The number of anilines is 1. The predicted octanol–water partition coefficient (Wildman–Crippen LogP) is 1.92. The second-order valence-corrected chi connectivity index (χ2v) is 6.19. The van der Waals surface area contributed by atoms with Crippen LogP contribution >= 0.6 is 0 Å². The maximum Gasteiger partial charge on any atom is 0.336 e. The Labute approximate surface area is 147 Å². The molecule has 0 spiro atoms. The zero-order valence-corrected chi connectivity index (χ0v) is 14.9. The number of morpholine rings is 1. The summed E-state index contributed by atoms with van der Waals surface area (Å²) >= 11 is 0. The molecular weight excluding hydrogens is 320 g/mol. The highest BCUT2D eigenvalue weighted by Crippen LogP contribution is 2.27. The maximum atomic E-state index is 11.9. The number of rotatable bonds is 3. The first-order chi connectivity index (χ1) is 12.0. The lowest BCUT2D eigenvalue weighted by atomic mass is 10.1. The van der Waals surface area contributed by atoms with Gasteiger partial charge in [0.25, 0.3) is 0 Å². The Balaban J connectivity index is 1.98. The van der Waals surface area contributed by atoms with Crippen LogP contribution in [-0.2, 0) is 14.3 Å². The van der Waals surface area contributed by atoms with Gasteiger partial charge in [-0.3, -0.25) is 4.98 Å². The van der Waals surface area contributed by atoms with Crippen molar-refractivity contribution < 1.29 is 14.3 Å². The molecule has 2 atom stereocenters. The van der Waals surface area contributed by atoms with Crippen LogP contribution in [0, 0.1) is 13.8 Å². The molecule has 2 aromatic heterocycles. The number of ether oxygens (including phenoxy) is 2.